The smallest absolute Gasteiger partial charge is 0.317 e. The van der Waals surface area contributed by atoms with Gasteiger partial charge in [-0.15, -0.1) is 0 Å². The van der Waals surface area contributed by atoms with Gasteiger partial charge in [-0.1, -0.05) is 13.3 Å². The number of carboxylic acid groups (broad SMARTS) is 1. The molecule has 1 amide bonds. The highest BCUT2D eigenvalue weighted by atomic mass is 19.1. The van der Waals surface area contributed by atoms with E-state index in [4.69, 9.17) is 5.11 Å². The van der Waals surface area contributed by atoms with Gasteiger partial charge in [-0.2, -0.15) is 0 Å². The van der Waals surface area contributed by atoms with Crippen LogP contribution in [0.5, 0.6) is 0 Å². The molecular weight excluding hydrogens is 308 g/mol. The van der Waals surface area contributed by atoms with E-state index in [9.17, 15) is 18.4 Å². The number of carbonyl (C=O) groups is 2. The summed E-state index contributed by atoms with van der Waals surface area (Å²) in [5, 5.41) is 11.6. The molecule has 1 aliphatic heterocycles. The van der Waals surface area contributed by atoms with Crippen LogP contribution in [0.1, 0.15) is 30.3 Å². The first kappa shape index (κ1) is 17.3. The number of hydrogen-bond donors (Lipinski definition) is 2. The fourth-order valence-corrected chi connectivity index (χ4v) is 2.93. The summed E-state index contributed by atoms with van der Waals surface area (Å²) in [5.74, 6) is -3.43. The predicted molar refractivity (Wildman–Crippen MR) is 77.9 cm³/mol. The fourth-order valence-electron chi connectivity index (χ4n) is 2.93. The number of halogens is 2. The molecule has 0 bridgehead atoms. The molecule has 0 aliphatic carbocycles. The van der Waals surface area contributed by atoms with Crippen LogP contribution in [0.4, 0.5) is 8.78 Å². The maximum absolute atomic E-state index is 13.6. The van der Waals surface area contributed by atoms with Crippen molar-refractivity contribution < 1.29 is 23.5 Å². The third-order valence-corrected chi connectivity index (χ3v) is 3.87. The van der Waals surface area contributed by atoms with Gasteiger partial charge in [0, 0.05) is 25.2 Å². The maximum atomic E-state index is 13.6. The van der Waals surface area contributed by atoms with Gasteiger partial charge in [0.05, 0.1) is 12.7 Å². The predicted octanol–water partition coefficient (Wildman–Crippen LogP) is 1.27. The molecular formula is C15H19F2N3O3. The van der Waals surface area contributed by atoms with Crippen LogP contribution >= 0.6 is 0 Å². The van der Waals surface area contributed by atoms with E-state index in [0.29, 0.717) is 19.2 Å². The molecule has 1 aromatic heterocycles. The minimum atomic E-state index is -1.02. The summed E-state index contributed by atoms with van der Waals surface area (Å²) in [6.07, 6.45) is 2.49. The van der Waals surface area contributed by atoms with Crippen LogP contribution < -0.4 is 5.32 Å². The van der Waals surface area contributed by atoms with Crippen LogP contribution in [-0.4, -0.2) is 52.5 Å². The van der Waals surface area contributed by atoms with Crippen molar-refractivity contribution >= 4 is 11.9 Å². The zero-order valence-electron chi connectivity index (χ0n) is 12.8. The quantitative estimate of drug-likeness (QED) is 0.822. The Morgan fingerprint density at radius 3 is 2.78 bits per heavy atom. The molecule has 126 valence electrons. The molecule has 1 aliphatic rings. The Morgan fingerprint density at radius 2 is 2.17 bits per heavy atom. The van der Waals surface area contributed by atoms with Crippen molar-refractivity contribution in [3.63, 3.8) is 0 Å². The van der Waals surface area contributed by atoms with E-state index >= 15 is 0 Å². The number of carbonyl (C=O) groups excluding carboxylic acids is 1. The molecule has 0 saturated carbocycles. The van der Waals surface area contributed by atoms with Crippen molar-refractivity contribution in [2.24, 2.45) is 5.92 Å². The monoisotopic (exact) mass is 327 g/mol. The standard InChI is InChI=1S/C15H19F2N3O3/c1-2-3-9-6-20(8-13(21)22)7-12(9)19-15(23)14-11(17)4-10(16)5-18-14/h4-5,9,12H,2-3,6-8H2,1H3,(H,19,23)(H,21,22)/t9-,12-/m0/s1. The minimum Gasteiger partial charge on any atom is -0.480 e. The first-order valence-corrected chi connectivity index (χ1v) is 7.46. The number of aromatic nitrogens is 1. The highest BCUT2D eigenvalue weighted by molar-refractivity contribution is 5.92. The molecule has 2 atom stereocenters. The number of pyridine rings is 1. The largest absolute Gasteiger partial charge is 0.480 e. The van der Waals surface area contributed by atoms with Crippen LogP contribution in [-0.2, 0) is 4.79 Å². The molecule has 2 N–H and O–H groups in total. The number of hydrogen-bond acceptors (Lipinski definition) is 4. The van der Waals surface area contributed by atoms with E-state index in [1.54, 1.807) is 4.90 Å². The van der Waals surface area contributed by atoms with Crippen LogP contribution in [0.15, 0.2) is 12.3 Å². The lowest BCUT2D eigenvalue weighted by atomic mass is 9.98. The molecule has 0 radical (unpaired) electrons. The topological polar surface area (TPSA) is 82.5 Å². The maximum Gasteiger partial charge on any atom is 0.317 e. The number of nitrogens with one attached hydrogen (secondary N) is 1. The molecule has 2 rings (SSSR count). The highest BCUT2D eigenvalue weighted by Gasteiger charge is 2.34. The molecule has 6 nitrogen and oxygen atoms in total. The number of aliphatic carboxylic acids is 1. The van der Waals surface area contributed by atoms with Crippen LogP contribution in [0.3, 0.4) is 0 Å². The third kappa shape index (κ3) is 4.44. The number of amides is 1. The molecule has 0 aromatic carbocycles. The van der Waals surface area contributed by atoms with E-state index in [2.05, 4.69) is 10.3 Å². The van der Waals surface area contributed by atoms with Gasteiger partial charge in [0.2, 0.25) is 0 Å². The number of carboxylic acids is 1. The van der Waals surface area contributed by atoms with Gasteiger partial charge in [-0.05, 0) is 12.3 Å². The Balaban J connectivity index is 2.06. The average molecular weight is 327 g/mol. The van der Waals surface area contributed by atoms with Crippen molar-refractivity contribution in [1.82, 2.24) is 15.2 Å². The first-order valence-electron chi connectivity index (χ1n) is 7.46. The average Bonchev–Trinajstić information content (AvgIpc) is 2.79. The summed E-state index contributed by atoms with van der Waals surface area (Å²) in [5.41, 5.74) is -0.460. The van der Waals surface area contributed by atoms with Gasteiger partial charge in [-0.3, -0.25) is 14.5 Å². The van der Waals surface area contributed by atoms with Crippen LogP contribution in [0, 0.1) is 17.6 Å². The van der Waals surface area contributed by atoms with Crippen molar-refractivity contribution in [3.05, 3.63) is 29.6 Å². The second-order valence-electron chi connectivity index (χ2n) is 5.70. The summed E-state index contributed by atoms with van der Waals surface area (Å²) in [7, 11) is 0. The summed E-state index contributed by atoms with van der Waals surface area (Å²) in [6, 6.07) is 0.324. The Morgan fingerprint density at radius 1 is 1.43 bits per heavy atom. The van der Waals surface area contributed by atoms with Gasteiger partial charge < -0.3 is 10.4 Å². The van der Waals surface area contributed by atoms with Gasteiger partial charge in [0.1, 0.15) is 5.82 Å². The third-order valence-electron chi connectivity index (χ3n) is 3.87. The summed E-state index contributed by atoms with van der Waals surface area (Å²) >= 11 is 0. The van der Waals surface area contributed by atoms with Crippen molar-refractivity contribution in [2.45, 2.75) is 25.8 Å². The molecule has 23 heavy (non-hydrogen) atoms. The normalized spacial score (nSPS) is 21.3. The molecule has 8 heteroatoms. The van der Waals surface area contributed by atoms with Crippen molar-refractivity contribution in [2.75, 3.05) is 19.6 Å². The lowest BCUT2D eigenvalue weighted by Crippen LogP contribution is -2.41. The minimum absolute atomic E-state index is 0.0896. The molecule has 0 unspecified atom stereocenters. The fraction of sp³-hybridized carbons (Fsp3) is 0.533. The van der Waals surface area contributed by atoms with E-state index < -0.39 is 29.2 Å². The highest BCUT2D eigenvalue weighted by Crippen LogP contribution is 2.22. The number of nitrogens with zero attached hydrogens (tertiary/aromatic N) is 2. The van der Waals surface area contributed by atoms with Crippen molar-refractivity contribution in [3.8, 4) is 0 Å². The Kier molecular flexibility index (Phi) is 5.59. The Bertz CT molecular complexity index is 597. The number of likely N-dealkylation sites (tertiary alicyclic amines) is 1. The van der Waals surface area contributed by atoms with E-state index in [-0.39, 0.29) is 18.5 Å². The lowest BCUT2D eigenvalue weighted by Gasteiger charge is -2.19. The Hall–Kier alpha value is -2.09. The molecule has 1 aromatic rings. The SMILES string of the molecule is CCC[C@H]1CN(CC(=O)O)C[C@@H]1NC(=O)c1ncc(F)cc1F. The molecule has 2 heterocycles. The lowest BCUT2D eigenvalue weighted by molar-refractivity contribution is -0.138. The summed E-state index contributed by atoms with van der Waals surface area (Å²) in [4.78, 5) is 28.2. The van der Waals surface area contributed by atoms with Crippen LogP contribution in [0.2, 0.25) is 0 Å². The second-order valence-corrected chi connectivity index (χ2v) is 5.70. The number of rotatable bonds is 6. The zero-order chi connectivity index (χ0) is 17.0. The van der Waals surface area contributed by atoms with E-state index in [0.717, 1.165) is 19.0 Å². The molecule has 0 spiro atoms. The first-order chi connectivity index (χ1) is 10.9. The molecule has 1 saturated heterocycles. The van der Waals surface area contributed by atoms with Gasteiger partial charge in [0.25, 0.3) is 5.91 Å². The summed E-state index contributed by atoms with van der Waals surface area (Å²) < 4.78 is 26.5. The zero-order valence-corrected chi connectivity index (χ0v) is 12.8. The van der Waals surface area contributed by atoms with Gasteiger partial charge >= 0.3 is 5.97 Å². The van der Waals surface area contributed by atoms with E-state index in [1.165, 1.54) is 0 Å². The van der Waals surface area contributed by atoms with Crippen LogP contribution in [0.25, 0.3) is 0 Å². The second kappa shape index (κ2) is 7.45. The molecule has 1 fully saturated rings. The van der Waals surface area contributed by atoms with Gasteiger partial charge in [-0.25, -0.2) is 13.8 Å². The van der Waals surface area contributed by atoms with Gasteiger partial charge in [0.15, 0.2) is 11.5 Å². The van der Waals surface area contributed by atoms with Crippen molar-refractivity contribution in [1.29, 1.82) is 0 Å². The van der Waals surface area contributed by atoms with E-state index in [1.807, 2.05) is 6.92 Å². The Labute approximate surface area is 132 Å². The summed E-state index contributed by atoms with van der Waals surface area (Å²) in [6.45, 7) is 2.84.